The Hall–Kier alpha value is -3.01. The van der Waals surface area contributed by atoms with Crippen LogP contribution in [-0.4, -0.2) is 20.0 Å². The van der Waals surface area contributed by atoms with E-state index in [-0.39, 0.29) is 11.5 Å². The number of nitrogens with zero attached hydrogens (tertiary/aromatic N) is 2. The van der Waals surface area contributed by atoms with Crippen molar-refractivity contribution >= 4 is 11.1 Å². The monoisotopic (exact) mass is 360 g/mol. The van der Waals surface area contributed by atoms with Crippen molar-refractivity contribution in [1.82, 2.24) is 9.78 Å². The lowest BCUT2D eigenvalue weighted by atomic mass is 9.97. The number of benzene rings is 2. The molecule has 4 heteroatoms. The average molecular weight is 360 g/mol. The number of aryl methyl sites for hydroxylation is 1. The first-order valence-corrected chi connectivity index (χ1v) is 9.31. The van der Waals surface area contributed by atoms with E-state index in [9.17, 15) is 10.2 Å². The second-order valence-corrected chi connectivity index (χ2v) is 7.66. The predicted octanol–water partition coefficient (Wildman–Crippen LogP) is 4.77. The summed E-state index contributed by atoms with van der Waals surface area (Å²) in [4.78, 5) is 0. The van der Waals surface area contributed by atoms with Crippen LogP contribution in [-0.2, 0) is 13.0 Å². The van der Waals surface area contributed by atoms with E-state index in [1.165, 1.54) is 11.1 Å². The third-order valence-electron chi connectivity index (χ3n) is 5.11. The molecule has 138 valence electrons. The number of phenols is 2. The molecule has 0 fully saturated rings. The third-order valence-corrected chi connectivity index (χ3v) is 5.11. The van der Waals surface area contributed by atoms with Crippen LogP contribution < -0.4 is 0 Å². The lowest BCUT2D eigenvalue weighted by Crippen LogP contribution is -2.10. The summed E-state index contributed by atoms with van der Waals surface area (Å²) >= 11 is 0. The molecule has 0 atom stereocenters. The first-order valence-electron chi connectivity index (χ1n) is 9.31. The van der Waals surface area contributed by atoms with E-state index in [1.807, 2.05) is 43.5 Å². The highest BCUT2D eigenvalue weighted by atomic mass is 16.3. The minimum atomic E-state index is 0.259. The topological polar surface area (TPSA) is 58.3 Å². The fraction of sp³-hybridized carbons (Fsp3) is 0.261. The fourth-order valence-corrected chi connectivity index (χ4v) is 3.92. The Morgan fingerprint density at radius 2 is 1.78 bits per heavy atom. The van der Waals surface area contributed by atoms with E-state index < -0.39 is 0 Å². The maximum absolute atomic E-state index is 10.2. The summed E-state index contributed by atoms with van der Waals surface area (Å²) in [6.07, 6.45) is 2.64. The molecule has 0 spiro atoms. The second-order valence-electron chi connectivity index (χ2n) is 7.66. The fourth-order valence-electron chi connectivity index (χ4n) is 3.92. The van der Waals surface area contributed by atoms with Gasteiger partial charge in [0.15, 0.2) is 0 Å². The molecule has 0 radical (unpaired) electrons. The van der Waals surface area contributed by atoms with Gasteiger partial charge >= 0.3 is 0 Å². The highest BCUT2D eigenvalue weighted by Crippen LogP contribution is 2.44. The van der Waals surface area contributed by atoms with E-state index in [1.54, 1.807) is 12.1 Å². The molecule has 27 heavy (non-hydrogen) atoms. The van der Waals surface area contributed by atoms with Crippen LogP contribution in [0.15, 0.2) is 48.7 Å². The number of allylic oxidation sites excluding steroid dienone is 1. The Labute approximate surface area is 159 Å². The summed E-state index contributed by atoms with van der Waals surface area (Å²) in [6.45, 7) is 7.24. The molecule has 1 aliphatic carbocycles. The maximum Gasteiger partial charge on any atom is 0.116 e. The Kier molecular flexibility index (Phi) is 4.27. The quantitative estimate of drug-likeness (QED) is 0.704. The van der Waals surface area contributed by atoms with E-state index in [4.69, 9.17) is 0 Å². The van der Waals surface area contributed by atoms with Gasteiger partial charge in [-0.15, -0.1) is 0 Å². The zero-order chi connectivity index (χ0) is 19.1. The van der Waals surface area contributed by atoms with Crippen LogP contribution >= 0.6 is 0 Å². The van der Waals surface area contributed by atoms with Crippen LogP contribution in [0.5, 0.6) is 11.5 Å². The van der Waals surface area contributed by atoms with E-state index >= 15 is 0 Å². The highest BCUT2D eigenvalue weighted by Gasteiger charge is 2.28. The Morgan fingerprint density at radius 1 is 1.04 bits per heavy atom. The normalized spacial score (nSPS) is 13.5. The number of hydrogen-bond acceptors (Lipinski definition) is 3. The van der Waals surface area contributed by atoms with Crippen LogP contribution in [0.1, 0.15) is 41.8 Å². The molecule has 0 aliphatic heterocycles. The Bertz CT molecular complexity index is 1030. The van der Waals surface area contributed by atoms with Crippen LogP contribution in [0.3, 0.4) is 0 Å². The van der Waals surface area contributed by atoms with Crippen molar-refractivity contribution < 1.29 is 10.2 Å². The lowest BCUT2D eigenvalue weighted by Gasteiger charge is -2.14. The van der Waals surface area contributed by atoms with Gasteiger partial charge in [-0.25, -0.2) is 0 Å². The van der Waals surface area contributed by atoms with Gasteiger partial charge in [-0.1, -0.05) is 26.0 Å². The van der Waals surface area contributed by atoms with Gasteiger partial charge in [0, 0.05) is 18.3 Å². The molecule has 3 aromatic rings. The van der Waals surface area contributed by atoms with Gasteiger partial charge in [0.25, 0.3) is 0 Å². The minimum Gasteiger partial charge on any atom is -0.508 e. The average Bonchev–Trinajstić information content (AvgIpc) is 3.19. The maximum atomic E-state index is 10.2. The zero-order valence-electron chi connectivity index (χ0n) is 15.9. The van der Waals surface area contributed by atoms with Gasteiger partial charge in [-0.3, -0.25) is 4.68 Å². The molecule has 4 rings (SSSR count). The SMILES string of the molecule is Cc1cc(O)cc2c1CC(c1ccc(O)cc1)=C2c1ccnn1CC(C)C. The molecule has 0 bridgehead atoms. The van der Waals surface area contributed by atoms with Crippen LogP contribution in [0.2, 0.25) is 0 Å². The van der Waals surface area contributed by atoms with Crippen LogP contribution in [0.4, 0.5) is 0 Å². The molecule has 0 amide bonds. The predicted molar refractivity (Wildman–Crippen MR) is 108 cm³/mol. The van der Waals surface area contributed by atoms with Crippen LogP contribution in [0, 0.1) is 12.8 Å². The number of phenolic OH excluding ortho intramolecular Hbond substituents is 2. The number of fused-ring (bicyclic) bond motifs is 1. The third kappa shape index (κ3) is 3.12. The number of aromatic hydroxyl groups is 2. The second kappa shape index (κ2) is 6.62. The molecule has 4 nitrogen and oxygen atoms in total. The van der Waals surface area contributed by atoms with Crippen molar-refractivity contribution in [1.29, 1.82) is 0 Å². The number of aromatic nitrogens is 2. The van der Waals surface area contributed by atoms with E-state index in [2.05, 4.69) is 23.6 Å². The number of hydrogen-bond donors (Lipinski definition) is 2. The van der Waals surface area contributed by atoms with Gasteiger partial charge in [-0.05, 0) is 77.4 Å². The molecular formula is C23H24N2O2. The lowest BCUT2D eigenvalue weighted by molar-refractivity contribution is 0.474. The minimum absolute atomic E-state index is 0.259. The Morgan fingerprint density at radius 3 is 2.48 bits per heavy atom. The molecule has 0 unspecified atom stereocenters. The van der Waals surface area contributed by atoms with Crippen molar-refractivity contribution in [2.45, 2.75) is 33.7 Å². The highest BCUT2D eigenvalue weighted by molar-refractivity contribution is 6.03. The molecule has 0 saturated heterocycles. The Balaban J connectivity index is 1.96. The van der Waals surface area contributed by atoms with Crippen molar-refractivity contribution in [3.05, 3.63) is 76.6 Å². The van der Waals surface area contributed by atoms with Gasteiger partial charge in [-0.2, -0.15) is 5.10 Å². The smallest absolute Gasteiger partial charge is 0.116 e. The molecule has 2 aromatic carbocycles. The van der Waals surface area contributed by atoms with Gasteiger partial charge in [0.1, 0.15) is 11.5 Å². The summed E-state index contributed by atoms with van der Waals surface area (Å²) in [5.41, 5.74) is 7.86. The first-order chi connectivity index (χ1) is 12.9. The molecular weight excluding hydrogens is 336 g/mol. The summed E-state index contributed by atoms with van der Waals surface area (Å²) in [7, 11) is 0. The van der Waals surface area contributed by atoms with Gasteiger partial charge in [0.05, 0.1) is 5.69 Å². The standard InChI is InChI=1S/C23H24N2O2/c1-14(2)13-25-22(8-9-24-25)23-20(16-4-6-17(26)7-5-16)12-19-15(3)10-18(27)11-21(19)23/h4-11,14,26-27H,12-13H2,1-3H3. The molecule has 2 N–H and O–H groups in total. The van der Waals surface area contributed by atoms with Gasteiger partial charge < -0.3 is 10.2 Å². The number of rotatable bonds is 4. The zero-order valence-corrected chi connectivity index (χ0v) is 15.9. The van der Waals surface area contributed by atoms with E-state index in [0.29, 0.717) is 5.92 Å². The summed E-state index contributed by atoms with van der Waals surface area (Å²) < 4.78 is 2.05. The van der Waals surface area contributed by atoms with Crippen LogP contribution in [0.25, 0.3) is 11.1 Å². The van der Waals surface area contributed by atoms with Crippen molar-refractivity contribution in [2.24, 2.45) is 5.92 Å². The molecule has 0 saturated carbocycles. The van der Waals surface area contributed by atoms with E-state index in [0.717, 1.165) is 40.9 Å². The van der Waals surface area contributed by atoms with Crippen molar-refractivity contribution in [3.63, 3.8) is 0 Å². The van der Waals surface area contributed by atoms with Crippen molar-refractivity contribution in [2.75, 3.05) is 0 Å². The summed E-state index contributed by atoms with van der Waals surface area (Å²) in [5.74, 6) is 1.02. The molecule has 1 aliphatic rings. The summed E-state index contributed by atoms with van der Waals surface area (Å²) in [6, 6.07) is 13.1. The first kappa shape index (κ1) is 17.4. The molecule has 1 aromatic heterocycles. The largest absolute Gasteiger partial charge is 0.508 e. The molecule has 1 heterocycles. The van der Waals surface area contributed by atoms with Gasteiger partial charge in [0.2, 0.25) is 0 Å². The van der Waals surface area contributed by atoms with Crippen molar-refractivity contribution in [3.8, 4) is 11.5 Å². The summed E-state index contributed by atoms with van der Waals surface area (Å²) in [5, 5.41) is 24.4.